The number of piperidine rings is 1. The fourth-order valence-corrected chi connectivity index (χ4v) is 2.96. The number of rotatable bonds is 1. The van der Waals surface area contributed by atoms with Crippen molar-refractivity contribution in [2.75, 3.05) is 31.1 Å². The van der Waals surface area contributed by atoms with Crippen LogP contribution in [0.15, 0.2) is 22.8 Å². The standard InChI is InChI=1S/C12H16BrN3/c13-10-1-2-12(14-9-10)16-8-7-15-5-3-11(16)4-6-15/h1-2,9,11H,3-8H2. The number of nitrogens with zero attached hydrogens (tertiary/aromatic N) is 3. The minimum atomic E-state index is 0.701. The molecule has 16 heavy (non-hydrogen) atoms. The highest BCUT2D eigenvalue weighted by Crippen LogP contribution is 2.25. The predicted molar refractivity (Wildman–Crippen MR) is 68.7 cm³/mol. The Kier molecular flexibility index (Phi) is 2.86. The summed E-state index contributed by atoms with van der Waals surface area (Å²) in [7, 11) is 0. The molecule has 4 rings (SSSR count). The van der Waals surface area contributed by atoms with Gasteiger partial charge in [0.25, 0.3) is 0 Å². The highest BCUT2D eigenvalue weighted by molar-refractivity contribution is 9.10. The normalized spacial score (nSPS) is 29.2. The van der Waals surface area contributed by atoms with Gasteiger partial charge in [0, 0.05) is 42.9 Å². The van der Waals surface area contributed by atoms with Gasteiger partial charge in [-0.25, -0.2) is 4.98 Å². The van der Waals surface area contributed by atoms with Crippen LogP contribution >= 0.6 is 15.9 Å². The van der Waals surface area contributed by atoms with Crippen LogP contribution in [-0.2, 0) is 0 Å². The average molecular weight is 282 g/mol. The molecule has 0 saturated carbocycles. The molecule has 0 spiro atoms. The number of fused-ring (bicyclic) bond motifs is 4. The lowest BCUT2D eigenvalue weighted by Gasteiger charge is -2.32. The lowest BCUT2D eigenvalue weighted by molar-refractivity contribution is 0.250. The van der Waals surface area contributed by atoms with Gasteiger partial charge in [-0.3, -0.25) is 0 Å². The molecule has 3 aliphatic rings. The topological polar surface area (TPSA) is 19.4 Å². The summed E-state index contributed by atoms with van der Waals surface area (Å²) in [5.41, 5.74) is 0. The molecule has 1 aromatic rings. The molecule has 3 saturated heterocycles. The van der Waals surface area contributed by atoms with E-state index in [0.717, 1.165) is 16.8 Å². The van der Waals surface area contributed by atoms with Crippen LogP contribution in [0.2, 0.25) is 0 Å². The molecular formula is C12H16BrN3. The van der Waals surface area contributed by atoms with E-state index in [2.05, 4.69) is 42.8 Å². The third kappa shape index (κ3) is 1.96. The van der Waals surface area contributed by atoms with Crippen molar-refractivity contribution in [3.8, 4) is 0 Å². The molecule has 3 aliphatic heterocycles. The molecule has 0 unspecified atom stereocenters. The highest BCUT2D eigenvalue weighted by atomic mass is 79.9. The Bertz CT molecular complexity index is 357. The predicted octanol–water partition coefficient (Wildman–Crippen LogP) is 2.13. The van der Waals surface area contributed by atoms with E-state index >= 15 is 0 Å². The monoisotopic (exact) mass is 281 g/mol. The minimum absolute atomic E-state index is 0.701. The van der Waals surface area contributed by atoms with Crippen molar-refractivity contribution in [2.45, 2.75) is 18.9 Å². The number of hydrogen-bond acceptors (Lipinski definition) is 3. The van der Waals surface area contributed by atoms with Crippen LogP contribution in [0, 0.1) is 0 Å². The maximum Gasteiger partial charge on any atom is 0.128 e. The third-order valence-corrected chi connectivity index (χ3v) is 4.13. The summed E-state index contributed by atoms with van der Waals surface area (Å²) >= 11 is 3.44. The molecule has 0 radical (unpaired) electrons. The smallest absolute Gasteiger partial charge is 0.128 e. The lowest BCUT2D eigenvalue weighted by atomic mass is 10.1. The second-order valence-corrected chi connectivity index (χ2v) is 5.52. The van der Waals surface area contributed by atoms with Crippen LogP contribution in [0.4, 0.5) is 5.82 Å². The van der Waals surface area contributed by atoms with E-state index in [-0.39, 0.29) is 0 Å². The summed E-state index contributed by atoms with van der Waals surface area (Å²) in [5, 5.41) is 0. The SMILES string of the molecule is Brc1ccc(N2CCN3CCC2CC3)nc1. The Morgan fingerprint density at radius 1 is 1.12 bits per heavy atom. The maximum absolute atomic E-state index is 4.52. The van der Waals surface area contributed by atoms with Gasteiger partial charge in [-0.2, -0.15) is 0 Å². The zero-order valence-corrected chi connectivity index (χ0v) is 10.9. The number of pyridine rings is 1. The number of aromatic nitrogens is 1. The summed E-state index contributed by atoms with van der Waals surface area (Å²) in [4.78, 5) is 9.57. The summed E-state index contributed by atoms with van der Waals surface area (Å²) in [6.45, 7) is 4.84. The van der Waals surface area contributed by atoms with Gasteiger partial charge in [-0.1, -0.05) is 0 Å². The Morgan fingerprint density at radius 3 is 2.62 bits per heavy atom. The largest absolute Gasteiger partial charge is 0.352 e. The van der Waals surface area contributed by atoms with Crippen molar-refractivity contribution >= 4 is 21.7 Å². The average Bonchev–Trinajstić information content (AvgIpc) is 2.64. The van der Waals surface area contributed by atoms with Crippen molar-refractivity contribution in [1.29, 1.82) is 0 Å². The van der Waals surface area contributed by atoms with Crippen LogP contribution in [0.1, 0.15) is 12.8 Å². The summed E-state index contributed by atoms with van der Waals surface area (Å²) in [5.74, 6) is 1.14. The van der Waals surface area contributed by atoms with Crippen molar-refractivity contribution in [3.63, 3.8) is 0 Å². The minimum Gasteiger partial charge on any atom is -0.352 e. The molecule has 3 fully saturated rings. The first-order chi connectivity index (χ1) is 7.83. The Balaban J connectivity index is 1.85. The van der Waals surface area contributed by atoms with Crippen molar-refractivity contribution in [1.82, 2.24) is 9.88 Å². The molecule has 86 valence electrons. The van der Waals surface area contributed by atoms with E-state index in [1.165, 1.54) is 32.5 Å². The molecule has 3 nitrogen and oxygen atoms in total. The zero-order chi connectivity index (χ0) is 11.0. The van der Waals surface area contributed by atoms with Crippen LogP contribution in [0.25, 0.3) is 0 Å². The molecular weight excluding hydrogens is 266 g/mol. The van der Waals surface area contributed by atoms with Crippen LogP contribution in [0.5, 0.6) is 0 Å². The third-order valence-electron chi connectivity index (χ3n) is 3.66. The van der Waals surface area contributed by atoms with Gasteiger partial charge >= 0.3 is 0 Å². The van der Waals surface area contributed by atoms with Crippen molar-refractivity contribution in [3.05, 3.63) is 22.8 Å². The molecule has 2 bridgehead atoms. The second kappa shape index (κ2) is 4.34. The molecule has 4 heterocycles. The maximum atomic E-state index is 4.52. The van der Waals surface area contributed by atoms with Crippen molar-refractivity contribution in [2.24, 2.45) is 0 Å². The Hall–Kier alpha value is -0.610. The first-order valence-corrected chi connectivity index (χ1v) is 6.73. The van der Waals surface area contributed by atoms with Gasteiger partial charge in [0.15, 0.2) is 0 Å². The molecule has 0 aromatic carbocycles. The van der Waals surface area contributed by atoms with Gasteiger partial charge in [-0.05, 0) is 40.9 Å². The quantitative estimate of drug-likeness (QED) is 0.786. The molecule has 0 aliphatic carbocycles. The van der Waals surface area contributed by atoms with E-state index in [9.17, 15) is 0 Å². The molecule has 0 amide bonds. The summed E-state index contributed by atoms with van der Waals surface area (Å²) < 4.78 is 1.05. The number of anilines is 1. The summed E-state index contributed by atoms with van der Waals surface area (Å²) in [6, 6.07) is 4.91. The fraction of sp³-hybridized carbons (Fsp3) is 0.583. The number of hydrogen-bond donors (Lipinski definition) is 0. The Morgan fingerprint density at radius 2 is 1.94 bits per heavy atom. The van der Waals surface area contributed by atoms with Gasteiger partial charge in [0.05, 0.1) is 0 Å². The molecule has 0 atom stereocenters. The molecule has 4 heteroatoms. The van der Waals surface area contributed by atoms with Gasteiger partial charge in [0.2, 0.25) is 0 Å². The fourth-order valence-electron chi connectivity index (χ4n) is 2.73. The lowest BCUT2D eigenvalue weighted by Crippen LogP contribution is -2.38. The van der Waals surface area contributed by atoms with Crippen LogP contribution < -0.4 is 4.90 Å². The van der Waals surface area contributed by atoms with Gasteiger partial charge in [-0.15, -0.1) is 0 Å². The van der Waals surface area contributed by atoms with Gasteiger partial charge < -0.3 is 9.80 Å². The van der Waals surface area contributed by atoms with Crippen molar-refractivity contribution < 1.29 is 0 Å². The second-order valence-electron chi connectivity index (χ2n) is 4.60. The Labute approximate surface area is 105 Å². The first kappa shape index (κ1) is 10.5. The van der Waals surface area contributed by atoms with E-state index < -0.39 is 0 Å². The van der Waals surface area contributed by atoms with E-state index in [1.54, 1.807) is 0 Å². The highest BCUT2D eigenvalue weighted by Gasteiger charge is 2.29. The van der Waals surface area contributed by atoms with E-state index in [0.29, 0.717) is 6.04 Å². The zero-order valence-electron chi connectivity index (χ0n) is 9.27. The molecule has 0 N–H and O–H groups in total. The number of halogens is 1. The van der Waals surface area contributed by atoms with Crippen LogP contribution in [0.3, 0.4) is 0 Å². The van der Waals surface area contributed by atoms with Crippen LogP contribution in [-0.4, -0.2) is 42.1 Å². The molecule has 1 aromatic heterocycles. The first-order valence-electron chi connectivity index (χ1n) is 5.93. The van der Waals surface area contributed by atoms with Gasteiger partial charge in [0.1, 0.15) is 5.82 Å². The van der Waals surface area contributed by atoms with E-state index in [1.807, 2.05) is 6.20 Å². The summed E-state index contributed by atoms with van der Waals surface area (Å²) in [6.07, 6.45) is 4.47. The van der Waals surface area contributed by atoms with E-state index in [4.69, 9.17) is 0 Å².